The molecule has 2 N–H and O–H groups in total. The molecule has 1 atom stereocenters. The molecule has 7 heteroatoms. The van der Waals surface area contributed by atoms with E-state index in [-0.39, 0.29) is 25.3 Å². The van der Waals surface area contributed by atoms with Crippen molar-refractivity contribution in [2.24, 2.45) is 0 Å². The van der Waals surface area contributed by atoms with E-state index >= 15 is 0 Å². The van der Waals surface area contributed by atoms with E-state index in [9.17, 15) is 14.7 Å². The highest BCUT2D eigenvalue weighted by atomic mass is 16.4. The van der Waals surface area contributed by atoms with Gasteiger partial charge in [-0.2, -0.15) is 0 Å². The molecular weight excluding hydrogens is 274 g/mol. The predicted molar refractivity (Wildman–Crippen MR) is 71.3 cm³/mol. The topological polar surface area (TPSA) is 99.4 Å². The zero-order valence-corrected chi connectivity index (χ0v) is 11.3. The Morgan fingerprint density at radius 3 is 3.10 bits per heavy atom. The number of imidazole rings is 1. The average molecular weight is 289 g/mol. The smallest absolute Gasteiger partial charge is 0.326 e. The molecular formula is C14H15N3O4. The fourth-order valence-corrected chi connectivity index (χ4v) is 2.55. The van der Waals surface area contributed by atoms with Gasteiger partial charge >= 0.3 is 5.97 Å². The van der Waals surface area contributed by atoms with E-state index in [4.69, 9.17) is 4.42 Å². The van der Waals surface area contributed by atoms with Gasteiger partial charge < -0.3 is 19.4 Å². The van der Waals surface area contributed by atoms with Crippen LogP contribution in [0.25, 0.3) is 0 Å². The fraction of sp³-hybridized carbons (Fsp3) is 0.357. The van der Waals surface area contributed by atoms with Crippen molar-refractivity contribution in [1.82, 2.24) is 14.9 Å². The van der Waals surface area contributed by atoms with Crippen molar-refractivity contribution >= 4 is 11.9 Å². The molecule has 21 heavy (non-hydrogen) atoms. The molecule has 0 spiro atoms. The van der Waals surface area contributed by atoms with Crippen molar-refractivity contribution in [2.45, 2.75) is 31.8 Å². The number of aliphatic carboxylic acids is 1. The van der Waals surface area contributed by atoms with Crippen molar-refractivity contribution in [3.8, 4) is 0 Å². The molecule has 0 aliphatic carbocycles. The number of fused-ring (bicyclic) bond motifs is 1. The second-order valence-electron chi connectivity index (χ2n) is 4.99. The Labute approximate surface area is 120 Å². The van der Waals surface area contributed by atoms with Crippen LogP contribution in [0.2, 0.25) is 0 Å². The molecule has 2 aromatic rings. The first-order valence-electron chi connectivity index (χ1n) is 6.71. The van der Waals surface area contributed by atoms with Crippen LogP contribution in [0.3, 0.4) is 0 Å². The van der Waals surface area contributed by atoms with Gasteiger partial charge in [0.1, 0.15) is 11.8 Å². The normalized spacial score (nSPS) is 17.5. The Balaban J connectivity index is 1.72. The first kappa shape index (κ1) is 13.4. The number of aromatic nitrogens is 2. The summed E-state index contributed by atoms with van der Waals surface area (Å²) in [6, 6.07) is 2.70. The van der Waals surface area contributed by atoms with Gasteiger partial charge in [0, 0.05) is 19.3 Å². The van der Waals surface area contributed by atoms with Gasteiger partial charge in [0.25, 0.3) is 0 Å². The van der Waals surface area contributed by atoms with E-state index in [1.165, 1.54) is 11.2 Å². The number of carboxylic acid groups (broad SMARTS) is 1. The standard InChI is InChI=1S/C14H15N3O4/c18-13(4-3-9-2-1-5-21-9)17-7-11-10(15-8-16-11)6-12(17)14(19)20/h1-2,5,8,12H,3-4,6-7H2,(H,15,16)(H,19,20). The highest BCUT2D eigenvalue weighted by Gasteiger charge is 2.35. The summed E-state index contributed by atoms with van der Waals surface area (Å²) in [4.78, 5) is 32.2. The second kappa shape index (κ2) is 5.43. The Hall–Kier alpha value is -2.57. The third kappa shape index (κ3) is 2.67. The fourth-order valence-electron chi connectivity index (χ4n) is 2.55. The van der Waals surface area contributed by atoms with Crippen molar-refractivity contribution < 1.29 is 19.1 Å². The summed E-state index contributed by atoms with van der Waals surface area (Å²) in [5.74, 6) is -0.483. The van der Waals surface area contributed by atoms with Crippen molar-refractivity contribution in [2.75, 3.05) is 0 Å². The monoisotopic (exact) mass is 289 g/mol. The van der Waals surface area contributed by atoms with E-state index in [1.807, 2.05) is 0 Å². The van der Waals surface area contributed by atoms with Gasteiger partial charge in [-0.3, -0.25) is 4.79 Å². The Morgan fingerprint density at radius 1 is 1.52 bits per heavy atom. The average Bonchev–Trinajstić information content (AvgIpc) is 3.13. The maximum Gasteiger partial charge on any atom is 0.326 e. The number of carboxylic acids is 1. The van der Waals surface area contributed by atoms with E-state index < -0.39 is 12.0 Å². The number of nitrogens with zero attached hydrogens (tertiary/aromatic N) is 2. The van der Waals surface area contributed by atoms with Crippen LogP contribution in [0, 0.1) is 0 Å². The van der Waals surface area contributed by atoms with Gasteiger partial charge in [0.15, 0.2) is 0 Å². The third-order valence-corrected chi connectivity index (χ3v) is 3.67. The van der Waals surface area contributed by atoms with Gasteiger partial charge in [0.05, 0.1) is 30.5 Å². The molecule has 2 aromatic heterocycles. The van der Waals surface area contributed by atoms with E-state index in [0.717, 1.165) is 17.1 Å². The molecule has 0 saturated heterocycles. The van der Waals surface area contributed by atoms with Crippen LogP contribution in [-0.4, -0.2) is 37.9 Å². The molecule has 0 bridgehead atoms. The predicted octanol–water partition coefficient (Wildman–Crippen LogP) is 0.973. The zero-order chi connectivity index (χ0) is 14.8. The molecule has 3 rings (SSSR count). The highest BCUT2D eigenvalue weighted by molar-refractivity contribution is 5.84. The zero-order valence-electron chi connectivity index (χ0n) is 11.3. The number of aromatic amines is 1. The van der Waals surface area contributed by atoms with Gasteiger partial charge in [0.2, 0.25) is 5.91 Å². The molecule has 3 heterocycles. The van der Waals surface area contributed by atoms with Crippen LogP contribution in [0.4, 0.5) is 0 Å². The molecule has 0 fully saturated rings. The summed E-state index contributed by atoms with van der Waals surface area (Å²) in [7, 11) is 0. The highest BCUT2D eigenvalue weighted by Crippen LogP contribution is 2.22. The summed E-state index contributed by atoms with van der Waals surface area (Å²) in [5.41, 5.74) is 1.52. The van der Waals surface area contributed by atoms with Crippen LogP contribution in [0.1, 0.15) is 23.6 Å². The molecule has 1 aliphatic rings. The van der Waals surface area contributed by atoms with Crippen LogP contribution in [0.5, 0.6) is 0 Å². The number of nitrogens with one attached hydrogen (secondary N) is 1. The number of amides is 1. The molecule has 1 aliphatic heterocycles. The molecule has 1 amide bonds. The number of H-pyrrole nitrogens is 1. The number of furan rings is 1. The maximum absolute atomic E-state index is 12.3. The van der Waals surface area contributed by atoms with E-state index in [2.05, 4.69) is 9.97 Å². The first-order valence-corrected chi connectivity index (χ1v) is 6.71. The summed E-state index contributed by atoms with van der Waals surface area (Å²) < 4.78 is 5.19. The second-order valence-corrected chi connectivity index (χ2v) is 4.99. The lowest BCUT2D eigenvalue weighted by Crippen LogP contribution is -2.48. The molecule has 0 aromatic carbocycles. The van der Waals surface area contributed by atoms with Crippen molar-refractivity contribution in [1.29, 1.82) is 0 Å². The summed E-state index contributed by atoms with van der Waals surface area (Å²) in [6.07, 6.45) is 4.00. The molecule has 0 saturated carbocycles. The Kier molecular flexibility index (Phi) is 3.47. The van der Waals surface area contributed by atoms with Gasteiger partial charge in [-0.15, -0.1) is 0 Å². The van der Waals surface area contributed by atoms with E-state index in [0.29, 0.717) is 6.42 Å². The molecule has 0 radical (unpaired) electrons. The van der Waals surface area contributed by atoms with Crippen LogP contribution >= 0.6 is 0 Å². The van der Waals surface area contributed by atoms with Gasteiger partial charge in [-0.1, -0.05) is 0 Å². The lowest BCUT2D eigenvalue weighted by molar-refractivity contribution is -0.151. The van der Waals surface area contributed by atoms with Gasteiger partial charge in [-0.05, 0) is 12.1 Å². The molecule has 1 unspecified atom stereocenters. The minimum atomic E-state index is -1.00. The largest absolute Gasteiger partial charge is 0.480 e. The lowest BCUT2D eigenvalue weighted by atomic mass is 10.0. The van der Waals surface area contributed by atoms with Gasteiger partial charge in [-0.25, -0.2) is 9.78 Å². The first-order chi connectivity index (χ1) is 10.1. The van der Waals surface area contributed by atoms with Crippen LogP contribution < -0.4 is 0 Å². The van der Waals surface area contributed by atoms with E-state index in [1.54, 1.807) is 18.4 Å². The SMILES string of the molecule is O=C(O)C1Cc2nc[nH]c2CN1C(=O)CCc1ccco1. The Bertz CT molecular complexity index is 647. The number of aryl methyl sites for hydroxylation is 1. The lowest BCUT2D eigenvalue weighted by Gasteiger charge is -2.32. The maximum atomic E-state index is 12.3. The third-order valence-electron chi connectivity index (χ3n) is 3.67. The molecule has 110 valence electrons. The Morgan fingerprint density at radius 2 is 2.38 bits per heavy atom. The number of rotatable bonds is 4. The quantitative estimate of drug-likeness (QED) is 0.873. The van der Waals surface area contributed by atoms with Crippen molar-refractivity contribution in [3.05, 3.63) is 41.9 Å². The summed E-state index contributed by atoms with van der Waals surface area (Å²) in [5, 5.41) is 9.32. The number of carbonyl (C=O) groups excluding carboxylic acids is 1. The summed E-state index contributed by atoms with van der Waals surface area (Å²) >= 11 is 0. The van der Waals surface area contributed by atoms with Crippen molar-refractivity contribution in [3.63, 3.8) is 0 Å². The minimum Gasteiger partial charge on any atom is -0.480 e. The number of carbonyl (C=O) groups is 2. The van der Waals surface area contributed by atoms with Crippen LogP contribution in [-0.2, 0) is 29.0 Å². The number of hydrogen-bond donors (Lipinski definition) is 2. The number of hydrogen-bond acceptors (Lipinski definition) is 4. The van der Waals surface area contributed by atoms with Crippen LogP contribution in [0.15, 0.2) is 29.1 Å². The molecule has 7 nitrogen and oxygen atoms in total. The summed E-state index contributed by atoms with van der Waals surface area (Å²) in [6.45, 7) is 0.253. The minimum absolute atomic E-state index is 0.195.